The van der Waals surface area contributed by atoms with Crippen molar-refractivity contribution >= 4 is 12.0 Å². The minimum Gasteiger partial charge on any atom is -0.332 e. The second-order valence-corrected chi connectivity index (χ2v) is 4.31. The molecule has 5 nitrogen and oxygen atoms in total. The molecule has 3 N–H and O–H groups in total. The Bertz CT molecular complexity index is 472. The lowest BCUT2D eigenvalue weighted by Crippen LogP contribution is -2.57. The summed E-state index contributed by atoms with van der Waals surface area (Å²) < 4.78 is 12.9. The number of benzene rings is 1. The largest absolute Gasteiger partial charge is 0.332 e. The number of hydrogen-bond acceptors (Lipinski definition) is 2. The van der Waals surface area contributed by atoms with E-state index in [0.717, 1.165) is 18.4 Å². The molecule has 1 atom stereocenters. The first-order valence-electron chi connectivity index (χ1n) is 6.33. The number of unbranched alkanes of at least 4 members (excludes halogenated alkanes) is 1. The van der Waals surface area contributed by atoms with E-state index in [2.05, 4.69) is 27.9 Å². The minimum absolute atomic E-state index is 0.305. The Labute approximate surface area is 111 Å². The van der Waals surface area contributed by atoms with Crippen LogP contribution in [-0.4, -0.2) is 18.5 Å². The van der Waals surface area contributed by atoms with Crippen LogP contribution in [0.4, 0.5) is 9.18 Å². The molecule has 0 radical (unpaired) electrons. The Kier molecular flexibility index (Phi) is 4.33. The SMILES string of the molecule is CCCCN=C1NC(=O)NC(c2ccc(F)cc2)N1. The van der Waals surface area contributed by atoms with Crippen molar-refractivity contribution in [2.24, 2.45) is 4.99 Å². The van der Waals surface area contributed by atoms with Crippen molar-refractivity contribution in [1.82, 2.24) is 16.0 Å². The van der Waals surface area contributed by atoms with Gasteiger partial charge >= 0.3 is 6.03 Å². The summed E-state index contributed by atoms with van der Waals surface area (Å²) in [6, 6.07) is 5.66. The number of carbonyl (C=O) groups excluding carboxylic acids is 1. The Hall–Kier alpha value is -2.11. The van der Waals surface area contributed by atoms with E-state index in [1.54, 1.807) is 12.1 Å². The summed E-state index contributed by atoms with van der Waals surface area (Å²) in [5, 5.41) is 8.37. The van der Waals surface area contributed by atoms with Crippen LogP contribution in [0.5, 0.6) is 0 Å². The first-order chi connectivity index (χ1) is 9.19. The number of rotatable bonds is 4. The molecule has 2 amide bonds. The number of aliphatic imine (C=N–C) groups is 1. The predicted octanol–water partition coefficient (Wildman–Crippen LogP) is 1.88. The number of hydrogen-bond donors (Lipinski definition) is 3. The molecule has 1 unspecified atom stereocenters. The predicted molar refractivity (Wildman–Crippen MR) is 71.2 cm³/mol. The van der Waals surface area contributed by atoms with Crippen molar-refractivity contribution in [2.75, 3.05) is 6.54 Å². The third-order valence-corrected chi connectivity index (χ3v) is 2.77. The lowest BCUT2D eigenvalue weighted by Gasteiger charge is -2.27. The van der Waals surface area contributed by atoms with Crippen molar-refractivity contribution in [2.45, 2.75) is 25.9 Å². The molecule has 1 fully saturated rings. The van der Waals surface area contributed by atoms with Crippen LogP contribution in [0.25, 0.3) is 0 Å². The summed E-state index contributed by atoms with van der Waals surface area (Å²) in [5.74, 6) is 0.146. The molecule has 0 spiro atoms. The molecule has 1 aliphatic heterocycles. The van der Waals surface area contributed by atoms with Gasteiger partial charge in [0, 0.05) is 6.54 Å². The van der Waals surface area contributed by atoms with Gasteiger partial charge in [0.2, 0.25) is 5.96 Å². The summed E-state index contributed by atoms with van der Waals surface area (Å²) in [5.41, 5.74) is 0.777. The summed E-state index contributed by atoms with van der Waals surface area (Å²) in [6.45, 7) is 2.74. The van der Waals surface area contributed by atoms with Crippen LogP contribution in [-0.2, 0) is 0 Å². The Morgan fingerprint density at radius 1 is 1.26 bits per heavy atom. The average Bonchev–Trinajstić information content (AvgIpc) is 2.39. The molecule has 1 saturated heterocycles. The van der Waals surface area contributed by atoms with E-state index in [1.165, 1.54) is 12.1 Å². The zero-order chi connectivity index (χ0) is 13.7. The van der Waals surface area contributed by atoms with Crippen molar-refractivity contribution in [3.63, 3.8) is 0 Å². The van der Waals surface area contributed by atoms with E-state index >= 15 is 0 Å². The van der Waals surface area contributed by atoms with Crippen LogP contribution in [0.1, 0.15) is 31.5 Å². The number of nitrogens with one attached hydrogen (secondary N) is 3. The monoisotopic (exact) mass is 264 g/mol. The number of carbonyl (C=O) groups is 1. The minimum atomic E-state index is -0.394. The molecule has 0 bridgehead atoms. The molecule has 0 aromatic heterocycles. The van der Waals surface area contributed by atoms with Crippen LogP contribution in [0.2, 0.25) is 0 Å². The van der Waals surface area contributed by atoms with Crippen molar-refractivity contribution < 1.29 is 9.18 Å². The van der Waals surface area contributed by atoms with Crippen LogP contribution < -0.4 is 16.0 Å². The Morgan fingerprint density at radius 2 is 2.00 bits per heavy atom. The Morgan fingerprint density at radius 3 is 2.68 bits per heavy atom. The zero-order valence-electron chi connectivity index (χ0n) is 10.7. The number of halogens is 1. The normalized spacial score (nSPS) is 20.6. The molecule has 0 saturated carbocycles. The quantitative estimate of drug-likeness (QED) is 0.727. The second-order valence-electron chi connectivity index (χ2n) is 4.31. The number of amides is 2. The van der Waals surface area contributed by atoms with E-state index in [-0.39, 0.29) is 11.8 Å². The molecule has 19 heavy (non-hydrogen) atoms. The van der Waals surface area contributed by atoms with Gasteiger partial charge in [0.15, 0.2) is 0 Å². The van der Waals surface area contributed by atoms with Crippen LogP contribution >= 0.6 is 0 Å². The molecule has 1 aromatic rings. The highest BCUT2D eigenvalue weighted by Crippen LogP contribution is 2.12. The maximum atomic E-state index is 12.9. The van der Waals surface area contributed by atoms with Crippen LogP contribution in [0.3, 0.4) is 0 Å². The first kappa shape index (κ1) is 13.3. The van der Waals surface area contributed by atoms with Gasteiger partial charge in [-0.05, 0) is 24.1 Å². The second kappa shape index (κ2) is 6.17. The number of urea groups is 1. The van der Waals surface area contributed by atoms with Crippen molar-refractivity contribution in [3.8, 4) is 0 Å². The van der Waals surface area contributed by atoms with Crippen LogP contribution in [0, 0.1) is 5.82 Å². The van der Waals surface area contributed by atoms with Crippen molar-refractivity contribution in [1.29, 1.82) is 0 Å². The molecule has 6 heteroatoms. The fraction of sp³-hybridized carbons (Fsp3) is 0.385. The molecule has 0 aliphatic carbocycles. The van der Waals surface area contributed by atoms with Gasteiger partial charge in [0.05, 0.1) is 0 Å². The maximum absolute atomic E-state index is 12.9. The Balaban J connectivity index is 2.07. The van der Waals surface area contributed by atoms with Gasteiger partial charge in [0.1, 0.15) is 12.0 Å². The van der Waals surface area contributed by atoms with E-state index in [4.69, 9.17) is 0 Å². The molecular weight excluding hydrogens is 247 g/mol. The fourth-order valence-corrected chi connectivity index (χ4v) is 1.74. The van der Waals surface area contributed by atoms with E-state index < -0.39 is 6.17 Å². The standard InChI is InChI=1S/C13H17FN4O/c1-2-3-8-15-12-16-11(17-13(19)18-12)9-4-6-10(14)7-5-9/h4-7,11H,2-3,8H2,1H3,(H3,15,16,17,18,19). The third kappa shape index (κ3) is 3.67. The maximum Gasteiger partial charge on any atom is 0.323 e. The number of nitrogens with zero attached hydrogens (tertiary/aromatic N) is 1. The summed E-state index contributed by atoms with van der Waals surface area (Å²) in [4.78, 5) is 15.8. The molecular formula is C13H17FN4O. The summed E-state index contributed by atoms with van der Waals surface area (Å²) >= 11 is 0. The third-order valence-electron chi connectivity index (χ3n) is 2.77. The van der Waals surface area contributed by atoms with Gasteiger partial charge in [-0.3, -0.25) is 10.3 Å². The van der Waals surface area contributed by atoms with Gasteiger partial charge < -0.3 is 10.6 Å². The average molecular weight is 264 g/mol. The zero-order valence-corrected chi connectivity index (χ0v) is 10.7. The number of guanidine groups is 1. The molecule has 1 aliphatic rings. The van der Waals surface area contributed by atoms with E-state index in [0.29, 0.717) is 12.5 Å². The van der Waals surface area contributed by atoms with Crippen LogP contribution in [0.15, 0.2) is 29.3 Å². The van der Waals surface area contributed by atoms with E-state index in [9.17, 15) is 9.18 Å². The van der Waals surface area contributed by atoms with Gasteiger partial charge in [-0.1, -0.05) is 25.5 Å². The highest BCUT2D eigenvalue weighted by molar-refractivity contribution is 5.98. The first-order valence-corrected chi connectivity index (χ1v) is 6.33. The molecule has 102 valence electrons. The van der Waals surface area contributed by atoms with Gasteiger partial charge in [-0.15, -0.1) is 0 Å². The molecule has 1 heterocycles. The lowest BCUT2D eigenvalue weighted by atomic mass is 10.1. The van der Waals surface area contributed by atoms with E-state index in [1.807, 2.05) is 0 Å². The van der Waals surface area contributed by atoms with Gasteiger partial charge in [0.25, 0.3) is 0 Å². The van der Waals surface area contributed by atoms with Crippen molar-refractivity contribution in [3.05, 3.63) is 35.6 Å². The highest BCUT2D eigenvalue weighted by Gasteiger charge is 2.22. The summed E-state index contributed by atoms with van der Waals surface area (Å²) in [6.07, 6.45) is 1.62. The highest BCUT2D eigenvalue weighted by atomic mass is 19.1. The molecule has 2 rings (SSSR count). The fourth-order valence-electron chi connectivity index (χ4n) is 1.74. The smallest absolute Gasteiger partial charge is 0.323 e. The van der Waals surface area contributed by atoms with Gasteiger partial charge in [-0.25, -0.2) is 9.18 Å². The van der Waals surface area contributed by atoms with Gasteiger partial charge in [-0.2, -0.15) is 0 Å². The lowest BCUT2D eigenvalue weighted by molar-refractivity contribution is 0.236. The topological polar surface area (TPSA) is 65.5 Å². The summed E-state index contributed by atoms with van der Waals surface area (Å²) in [7, 11) is 0. The molecule has 1 aromatic carbocycles.